The van der Waals surface area contributed by atoms with Crippen LogP contribution >= 0.6 is 0 Å². The molecule has 7 unspecified atom stereocenters. The Morgan fingerprint density at radius 2 is 0.583 bits per heavy atom. The Balaban J connectivity index is 0.000000109. The first-order chi connectivity index (χ1) is 67.4. The van der Waals surface area contributed by atoms with Crippen LogP contribution in [0.3, 0.4) is 0 Å². The summed E-state index contributed by atoms with van der Waals surface area (Å²) >= 11 is 0. The summed E-state index contributed by atoms with van der Waals surface area (Å²) in [4.78, 5) is 23.4. The fourth-order valence-electron chi connectivity index (χ4n) is 19.8. The molecule has 0 amide bonds. The summed E-state index contributed by atoms with van der Waals surface area (Å²) in [6.45, 7) is 17.4. The number of fused-ring (bicyclic) bond motifs is 19. The SMILES string of the molecule is [2H]C(C)(C)N1c2ccccc2N(c2c(C)ccc3c2oc2ccccc23)C1C.[2H]C([2H])([2H])C([2H])(C)N1C=CN(c2c(C)ccc3c2oc2ccccc23)C1C.[2H]C([2H])([2H])C([2H])(C)N1c2ccccc2N(c2c(C)ccc3c2oc2ccccc23)C1C.[2H]C([2H])([2H])N1c2ccccc2N(c2c(C)ccc3c2oc2ccccc23)C1C.[2H]C([2H])([2H])N1c2cccnc2N(c2c(C)ccc3c2oc2ccccc23)C1C. The van der Waals surface area contributed by atoms with Crippen molar-refractivity contribution in [1.29, 1.82) is 0 Å². The van der Waals surface area contributed by atoms with Crippen molar-refractivity contribution >= 4 is 184 Å². The van der Waals surface area contributed by atoms with Gasteiger partial charge in [-0.1, -0.05) is 188 Å². The van der Waals surface area contributed by atoms with Crippen molar-refractivity contribution in [2.45, 2.75) is 160 Å². The molecule has 24 rings (SSSR count). The molecule has 6 aromatic heterocycles. The molecule has 0 spiro atoms. The molecule has 5 aliphatic heterocycles. The molecule has 638 valence electrons. The highest BCUT2D eigenvalue weighted by atomic mass is 16.3. The number of hydrogen-bond donors (Lipinski definition) is 0. The van der Waals surface area contributed by atoms with Crippen molar-refractivity contribution in [2.75, 3.05) is 58.1 Å². The number of aromatic nitrogens is 1. The van der Waals surface area contributed by atoms with Crippen LogP contribution in [0.25, 0.3) is 110 Å². The Morgan fingerprint density at radius 1 is 0.283 bits per heavy atom. The maximum absolute atomic E-state index is 8.81. The minimum absolute atomic E-state index is 0.00223. The summed E-state index contributed by atoms with van der Waals surface area (Å²) in [6, 6.07) is 83.8. The molecule has 7 atom stereocenters. The molecule has 19 aromatic rings. The monoisotopic (exact) mass is 1690 g/mol. The van der Waals surface area contributed by atoms with Gasteiger partial charge < -0.3 is 71.1 Å². The van der Waals surface area contributed by atoms with Crippen LogP contribution in [0.4, 0.5) is 74.1 Å². The van der Waals surface area contributed by atoms with Gasteiger partial charge in [-0.2, -0.15) is 0 Å². The lowest BCUT2D eigenvalue weighted by Gasteiger charge is -2.33. The van der Waals surface area contributed by atoms with Gasteiger partial charge in [-0.25, -0.2) is 4.98 Å². The third-order valence-corrected chi connectivity index (χ3v) is 25.7. The summed E-state index contributed by atoms with van der Waals surface area (Å²) in [5.41, 5.74) is 24.1. The van der Waals surface area contributed by atoms with Crippen LogP contribution in [-0.2, 0) is 0 Å². The maximum Gasteiger partial charge on any atom is 0.159 e. The fraction of sp³-hybridized carbons (Fsp3) is 0.234. The molecule has 0 N–H and O–H groups in total. The van der Waals surface area contributed by atoms with E-state index in [4.69, 9.17) is 42.6 Å². The van der Waals surface area contributed by atoms with Gasteiger partial charge in [0.15, 0.2) is 33.7 Å². The maximum atomic E-state index is 8.81. The highest BCUT2D eigenvalue weighted by Gasteiger charge is 2.42. The van der Waals surface area contributed by atoms with Gasteiger partial charge in [0.2, 0.25) is 0 Å². The number of furan rings is 5. The highest BCUT2D eigenvalue weighted by molar-refractivity contribution is 6.16. The van der Waals surface area contributed by atoms with E-state index in [2.05, 4.69) is 123 Å². The van der Waals surface area contributed by atoms with Gasteiger partial charge in [0, 0.05) is 121 Å². The van der Waals surface area contributed by atoms with E-state index in [1.807, 2.05) is 255 Å². The van der Waals surface area contributed by atoms with E-state index in [9.17, 15) is 0 Å². The standard InChI is InChI=1S/2C24H24N2O.C22H20N2O.C21H19N3O.C20H22N2O/c2*1-15(2)25-17(4)26(21-11-7-6-10-20(21)25)23-16(3)13-14-19-18-9-5-8-12-22(18)27-24(19)23;1-14-12-13-17-16-8-4-7-11-20(16)25-22(17)21(14)24-15(2)23(3)18-9-5-6-10-19(18)24;1-13-10-11-16-15-7-4-5-9-18(15)25-20(16)19(13)24-14(2)23(3)17-8-6-12-22-21(17)24;1-13(2)21-11-12-22(15(21)4)19-14(3)9-10-17-16-7-5-6-8-18(16)23-20(17)19/h2*5-15,17H,1-4H3;4-13,15H,1-3H3;4-12,14H,1-3H3;5-13,15H,1-4H3/i1D3,15D;15D;2*3D3;1D3,13D. The summed E-state index contributed by atoms with van der Waals surface area (Å²) in [7, 11) is 0. The molecule has 0 saturated carbocycles. The molecule has 0 saturated heterocycles. The minimum atomic E-state index is -2.48. The predicted octanol–water partition coefficient (Wildman–Crippen LogP) is 29.5. The Kier molecular flexibility index (Phi) is 16.5. The lowest BCUT2D eigenvalue weighted by atomic mass is 10.1. The summed E-state index contributed by atoms with van der Waals surface area (Å²) in [6.07, 6.45) is 3.68. The highest BCUT2D eigenvalue weighted by Crippen LogP contribution is 2.55. The Bertz CT molecular complexity index is 7730. The second-order valence-electron chi connectivity index (χ2n) is 33.7. The van der Waals surface area contributed by atoms with Crippen LogP contribution in [0.1, 0.15) is 124 Å². The fourth-order valence-corrected chi connectivity index (χ4v) is 19.8. The molecule has 0 radical (unpaired) electrons. The average Bonchev–Trinajstić information content (AvgIpc) is 1.56. The number of para-hydroxylation sites is 11. The zero-order chi connectivity index (χ0) is 101. The topological polar surface area (TPSA) is 111 Å². The zero-order valence-electron chi connectivity index (χ0n) is 88.5. The number of anilines is 13. The quantitative estimate of drug-likeness (QED) is 0.144. The van der Waals surface area contributed by atoms with Crippen LogP contribution in [-0.4, -0.2) is 72.7 Å². The van der Waals surface area contributed by atoms with Crippen LogP contribution in [0.5, 0.6) is 0 Å². The van der Waals surface area contributed by atoms with Crippen molar-refractivity contribution in [3.63, 3.8) is 0 Å². The number of nitrogens with zero attached hydrogens (tertiary/aromatic N) is 11. The van der Waals surface area contributed by atoms with Gasteiger partial charge in [-0.3, -0.25) is 0 Å². The van der Waals surface area contributed by atoms with E-state index >= 15 is 0 Å². The Hall–Kier alpha value is -14.3. The van der Waals surface area contributed by atoms with E-state index in [-0.39, 0.29) is 18.5 Å². The Morgan fingerprint density at radius 3 is 0.961 bits per heavy atom. The van der Waals surface area contributed by atoms with Crippen molar-refractivity contribution in [3.8, 4) is 0 Å². The number of pyridine rings is 1. The van der Waals surface area contributed by atoms with Gasteiger partial charge in [0.1, 0.15) is 58.7 Å². The first-order valence-electron chi connectivity index (χ1n) is 50.7. The number of aryl methyl sites for hydroxylation is 5. The molecule has 16 nitrogen and oxygen atoms in total. The average molecular weight is 1690 g/mol. The minimum Gasteiger partial charge on any atom is -0.454 e. The Labute approximate surface area is 763 Å². The van der Waals surface area contributed by atoms with E-state index in [1.54, 1.807) is 34.3 Å². The van der Waals surface area contributed by atoms with E-state index in [0.29, 0.717) is 17.2 Å². The van der Waals surface area contributed by atoms with Gasteiger partial charge in [-0.05, 0) is 217 Å². The summed E-state index contributed by atoms with van der Waals surface area (Å²) in [5, 5.41) is 10.5. The van der Waals surface area contributed by atoms with E-state index < -0.39 is 58.0 Å². The molecule has 13 aromatic carbocycles. The second-order valence-corrected chi connectivity index (χ2v) is 33.7. The number of benzene rings is 13. The third-order valence-electron chi connectivity index (χ3n) is 25.7. The van der Waals surface area contributed by atoms with Crippen LogP contribution in [0.15, 0.2) is 308 Å². The molecular weight excluding hydrogens is 1570 g/mol. The smallest absolute Gasteiger partial charge is 0.159 e. The molecule has 0 fully saturated rings. The van der Waals surface area contributed by atoms with Crippen LogP contribution in [0.2, 0.25) is 0 Å². The van der Waals surface area contributed by atoms with Crippen molar-refractivity contribution in [3.05, 3.63) is 313 Å². The molecule has 127 heavy (non-hydrogen) atoms. The van der Waals surface area contributed by atoms with Crippen molar-refractivity contribution in [2.24, 2.45) is 0 Å². The molecule has 5 aliphatic rings. The normalized spacial score (nSPS) is 20.1. The second kappa shape index (κ2) is 32.1. The predicted molar refractivity (Wildman–Crippen MR) is 532 cm³/mol. The lowest BCUT2D eigenvalue weighted by molar-refractivity contribution is 0.263. The third kappa shape index (κ3) is 13.2. The largest absolute Gasteiger partial charge is 0.454 e. The molecule has 0 aliphatic carbocycles. The van der Waals surface area contributed by atoms with Crippen LogP contribution < -0.4 is 44.1 Å². The van der Waals surface area contributed by atoms with E-state index in [1.165, 1.54) is 23.6 Å². The molecule has 11 heterocycles. The van der Waals surface area contributed by atoms with Crippen LogP contribution in [0, 0.1) is 34.6 Å². The molecule has 16 heteroatoms. The summed E-state index contributed by atoms with van der Waals surface area (Å²) < 4.78 is 153. The summed E-state index contributed by atoms with van der Waals surface area (Å²) in [5.74, 6) is 0.627. The molecule has 0 bridgehead atoms. The molecular formula is C111H109N11O5. The number of hydrogen-bond acceptors (Lipinski definition) is 16. The number of rotatable bonds is 8. The first-order valence-corrected chi connectivity index (χ1v) is 43.2. The lowest BCUT2D eigenvalue weighted by Crippen LogP contribution is -2.42. The first kappa shape index (κ1) is 65.4. The zero-order valence-corrected chi connectivity index (χ0v) is 73.5. The van der Waals surface area contributed by atoms with Gasteiger partial charge in [-0.15, -0.1) is 0 Å². The van der Waals surface area contributed by atoms with Gasteiger partial charge >= 0.3 is 0 Å². The van der Waals surface area contributed by atoms with E-state index in [0.717, 1.165) is 194 Å². The van der Waals surface area contributed by atoms with Crippen molar-refractivity contribution < 1.29 is 42.6 Å². The van der Waals surface area contributed by atoms with Crippen molar-refractivity contribution in [1.82, 2.24) is 9.88 Å². The van der Waals surface area contributed by atoms with Gasteiger partial charge in [0.05, 0.1) is 72.4 Å². The van der Waals surface area contributed by atoms with Gasteiger partial charge in [0.25, 0.3) is 0 Å².